The van der Waals surface area contributed by atoms with Crippen LogP contribution in [0.15, 0.2) is 18.3 Å². The van der Waals surface area contributed by atoms with Crippen LogP contribution in [-0.4, -0.2) is 14.5 Å². The first-order valence-corrected chi connectivity index (χ1v) is 5.50. The first-order chi connectivity index (χ1) is 7.27. The molecule has 15 heavy (non-hydrogen) atoms. The van der Waals surface area contributed by atoms with Crippen molar-refractivity contribution in [3.8, 4) is 5.75 Å². The minimum absolute atomic E-state index is 0.195. The Morgan fingerprint density at radius 2 is 2.27 bits per heavy atom. The fourth-order valence-electron chi connectivity index (χ4n) is 2.05. The number of hydrogen-bond acceptors (Lipinski definition) is 2. The van der Waals surface area contributed by atoms with Crippen LogP contribution in [0.25, 0.3) is 5.52 Å². The lowest BCUT2D eigenvalue weighted by Gasteiger charge is -2.23. The third-order valence-corrected chi connectivity index (χ3v) is 3.36. The van der Waals surface area contributed by atoms with E-state index in [1.807, 2.05) is 16.7 Å². The van der Waals surface area contributed by atoms with Crippen LogP contribution in [0.3, 0.4) is 0 Å². The van der Waals surface area contributed by atoms with Gasteiger partial charge >= 0.3 is 0 Å². The quantitative estimate of drug-likeness (QED) is 0.806. The van der Waals surface area contributed by atoms with E-state index in [1.165, 1.54) is 19.3 Å². The number of aromatic nitrogens is 2. The molecular weight excluding hydrogens is 212 g/mol. The van der Waals surface area contributed by atoms with Gasteiger partial charge in [0, 0.05) is 12.1 Å². The van der Waals surface area contributed by atoms with Gasteiger partial charge in [0.2, 0.25) is 0 Å². The highest BCUT2D eigenvalue weighted by atomic mass is 35.5. The standard InChI is InChI=1S/C11H11ClN2O/c12-10-9-8(15)5-2-6-14(9)11(13-10)7-3-1-4-7/h2,5-7,15H,1,3-4H2. The maximum Gasteiger partial charge on any atom is 0.158 e. The second-order valence-corrected chi connectivity index (χ2v) is 4.36. The van der Waals surface area contributed by atoms with Crippen LogP contribution in [-0.2, 0) is 0 Å². The molecule has 3 nitrogen and oxygen atoms in total. The van der Waals surface area contributed by atoms with Crippen molar-refractivity contribution >= 4 is 17.1 Å². The van der Waals surface area contributed by atoms with E-state index in [-0.39, 0.29) is 5.75 Å². The summed E-state index contributed by atoms with van der Waals surface area (Å²) in [6.07, 6.45) is 5.51. The Kier molecular flexibility index (Phi) is 1.89. The number of halogens is 1. The first kappa shape index (κ1) is 9.04. The average Bonchev–Trinajstić information content (AvgIpc) is 2.43. The van der Waals surface area contributed by atoms with E-state index < -0.39 is 0 Å². The largest absolute Gasteiger partial charge is 0.506 e. The Bertz CT molecular complexity index is 517. The Balaban J connectivity index is 2.27. The van der Waals surface area contributed by atoms with Crippen LogP contribution < -0.4 is 0 Å². The predicted molar refractivity (Wildman–Crippen MR) is 58.5 cm³/mol. The minimum atomic E-state index is 0.195. The van der Waals surface area contributed by atoms with Crippen molar-refractivity contribution in [1.82, 2.24) is 9.38 Å². The van der Waals surface area contributed by atoms with Crippen molar-refractivity contribution < 1.29 is 5.11 Å². The molecule has 0 unspecified atom stereocenters. The maximum atomic E-state index is 9.69. The first-order valence-electron chi connectivity index (χ1n) is 5.13. The molecule has 2 heterocycles. The molecule has 0 atom stereocenters. The molecule has 4 heteroatoms. The van der Waals surface area contributed by atoms with Gasteiger partial charge in [-0.1, -0.05) is 18.0 Å². The maximum absolute atomic E-state index is 9.69. The van der Waals surface area contributed by atoms with Crippen LogP contribution in [0.1, 0.15) is 31.0 Å². The van der Waals surface area contributed by atoms with Crippen molar-refractivity contribution in [1.29, 1.82) is 0 Å². The topological polar surface area (TPSA) is 37.5 Å². The summed E-state index contributed by atoms with van der Waals surface area (Å²) in [7, 11) is 0. The Morgan fingerprint density at radius 3 is 2.93 bits per heavy atom. The summed E-state index contributed by atoms with van der Waals surface area (Å²) in [5, 5.41) is 10.1. The highest BCUT2D eigenvalue weighted by Gasteiger charge is 2.25. The fourth-order valence-corrected chi connectivity index (χ4v) is 2.33. The van der Waals surface area contributed by atoms with E-state index in [0.717, 1.165) is 5.82 Å². The van der Waals surface area contributed by atoms with Gasteiger partial charge in [0.1, 0.15) is 17.1 Å². The molecule has 0 saturated heterocycles. The van der Waals surface area contributed by atoms with Gasteiger partial charge in [0.15, 0.2) is 5.15 Å². The van der Waals surface area contributed by atoms with Gasteiger partial charge < -0.3 is 5.11 Å². The molecule has 0 amide bonds. The van der Waals surface area contributed by atoms with E-state index in [0.29, 0.717) is 16.6 Å². The summed E-state index contributed by atoms with van der Waals surface area (Å²) in [5.41, 5.74) is 0.626. The van der Waals surface area contributed by atoms with Crippen molar-refractivity contribution in [3.63, 3.8) is 0 Å². The second-order valence-electron chi connectivity index (χ2n) is 4.00. The number of rotatable bonds is 1. The SMILES string of the molecule is Oc1cccn2c(C3CCC3)nc(Cl)c12. The zero-order valence-electron chi connectivity index (χ0n) is 8.15. The Labute approximate surface area is 92.3 Å². The Hall–Kier alpha value is -1.22. The molecule has 0 aliphatic heterocycles. The Morgan fingerprint density at radius 1 is 1.47 bits per heavy atom. The smallest absolute Gasteiger partial charge is 0.158 e. The summed E-state index contributed by atoms with van der Waals surface area (Å²) in [5.74, 6) is 1.68. The minimum Gasteiger partial charge on any atom is -0.506 e. The van der Waals surface area contributed by atoms with Gasteiger partial charge in [0.05, 0.1) is 0 Å². The van der Waals surface area contributed by atoms with E-state index in [9.17, 15) is 5.11 Å². The molecule has 0 aromatic carbocycles. The molecule has 3 rings (SSSR count). The van der Waals surface area contributed by atoms with Crippen LogP contribution in [0.4, 0.5) is 0 Å². The highest BCUT2D eigenvalue weighted by Crippen LogP contribution is 2.38. The number of hydrogen-bond donors (Lipinski definition) is 1. The summed E-state index contributed by atoms with van der Waals surface area (Å²) in [4.78, 5) is 4.34. The van der Waals surface area contributed by atoms with Crippen molar-refractivity contribution in [2.24, 2.45) is 0 Å². The van der Waals surface area contributed by atoms with Crippen molar-refractivity contribution in [2.45, 2.75) is 25.2 Å². The third kappa shape index (κ3) is 1.23. The van der Waals surface area contributed by atoms with E-state index in [2.05, 4.69) is 4.98 Å². The fraction of sp³-hybridized carbons (Fsp3) is 0.364. The highest BCUT2D eigenvalue weighted by molar-refractivity contribution is 6.33. The number of fused-ring (bicyclic) bond motifs is 1. The predicted octanol–water partition coefficient (Wildman–Crippen LogP) is 2.96. The molecule has 2 aromatic heterocycles. The molecule has 0 spiro atoms. The van der Waals surface area contributed by atoms with E-state index >= 15 is 0 Å². The van der Waals surface area contributed by atoms with Crippen molar-refractivity contribution in [2.75, 3.05) is 0 Å². The molecule has 0 bridgehead atoms. The molecule has 1 N–H and O–H groups in total. The molecule has 1 aliphatic rings. The second kappa shape index (κ2) is 3.14. The number of aromatic hydroxyl groups is 1. The zero-order chi connectivity index (χ0) is 10.4. The van der Waals surface area contributed by atoms with Gasteiger partial charge in [-0.15, -0.1) is 0 Å². The van der Waals surface area contributed by atoms with Crippen LogP contribution in [0.5, 0.6) is 5.75 Å². The van der Waals surface area contributed by atoms with E-state index in [1.54, 1.807) is 6.07 Å². The van der Waals surface area contributed by atoms with E-state index in [4.69, 9.17) is 11.6 Å². The third-order valence-electron chi connectivity index (χ3n) is 3.10. The molecule has 1 aliphatic carbocycles. The zero-order valence-corrected chi connectivity index (χ0v) is 8.91. The molecule has 78 valence electrons. The average molecular weight is 223 g/mol. The van der Waals surface area contributed by atoms with Gasteiger partial charge in [-0.05, 0) is 25.0 Å². The lowest BCUT2D eigenvalue weighted by molar-refractivity contribution is 0.400. The van der Waals surface area contributed by atoms with Gasteiger partial charge in [-0.2, -0.15) is 0 Å². The molecule has 0 radical (unpaired) electrons. The molecule has 1 saturated carbocycles. The summed E-state index contributed by atoms with van der Waals surface area (Å²) >= 11 is 6.02. The van der Waals surface area contributed by atoms with Gasteiger partial charge in [-0.3, -0.25) is 4.40 Å². The molecule has 2 aromatic rings. The summed E-state index contributed by atoms with van der Waals surface area (Å²) in [6, 6.07) is 3.44. The number of nitrogens with zero attached hydrogens (tertiary/aromatic N) is 2. The normalized spacial score (nSPS) is 16.9. The van der Waals surface area contributed by atoms with Crippen LogP contribution in [0.2, 0.25) is 5.15 Å². The van der Waals surface area contributed by atoms with Crippen LogP contribution >= 0.6 is 11.6 Å². The number of pyridine rings is 1. The van der Waals surface area contributed by atoms with Crippen molar-refractivity contribution in [3.05, 3.63) is 29.3 Å². The summed E-state index contributed by atoms with van der Waals surface area (Å²) in [6.45, 7) is 0. The van der Waals surface area contributed by atoms with Crippen LogP contribution in [0, 0.1) is 0 Å². The monoisotopic (exact) mass is 222 g/mol. The lowest BCUT2D eigenvalue weighted by Crippen LogP contribution is -2.12. The molecule has 1 fully saturated rings. The number of imidazole rings is 1. The summed E-state index contributed by atoms with van der Waals surface area (Å²) < 4.78 is 1.90. The lowest BCUT2D eigenvalue weighted by atomic mass is 9.85. The molecular formula is C11H11ClN2O. The van der Waals surface area contributed by atoms with Gasteiger partial charge in [-0.25, -0.2) is 4.98 Å². The van der Waals surface area contributed by atoms with Gasteiger partial charge in [0.25, 0.3) is 0 Å².